The molecule has 2 rings (SSSR count). The number of furan rings is 1. The molecule has 5 heteroatoms. The number of aryl methyl sites for hydroxylation is 1. The standard InChI is InChI=1S/C13H13NO4/c1-9-4-5-12(18-9)11(13(15)16)8-17-10-3-2-6-14-7-10/h2-7,11H,8H2,1H3,(H,15,16). The van der Waals surface area contributed by atoms with Crippen molar-refractivity contribution in [3.63, 3.8) is 0 Å². The van der Waals surface area contributed by atoms with Crippen molar-refractivity contribution in [3.8, 4) is 5.75 Å². The Hall–Kier alpha value is -2.30. The Balaban J connectivity index is 2.06. The van der Waals surface area contributed by atoms with Crippen molar-refractivity contribution in [2.45, 2.75) is 12.8 Å². The van der Waals surface area contributed by atoms with Crippen molar-refractivity contribution in [1.29, 1.82) is 0 Å². The maximum absolute atomic E-state index is 11.2. The lowest BCUT2D eigenvalue weighted by Gasteiger charge is -2.11. The number of hydrogen-bond acceptors (Lipinski definition) is 4. The highest BCUT2D eigenvalue weighted by molar-refractivity contribution is 5.75. The summed E-state index contributed by atoms with van der Waals surface area (Å²) in [5.41, 5.74) is 0. The number of aliphatic carboxylic acids is 1. The number of hydrogen-bond donors (Lipinski definition) is 1. The lowest BCUT2D eigenvalue weighted by molar-refractivity contribution is -0.140. The number of carbonyl (C=O) groups is 1. The summed E-state index contributed by atoms with van der Waals surface area (Å²) >= 11 is 0. The second-order valence-corrected chi connectivity index (χ2v) is 3.84. The average molecular weight is 247 g/mol. The van der Waals surface area contributed by atoms with Crippen LogP contribution in [0.15, 0.2) is 41.1 Å². The molecule has 0 aromatic carbocycles. The van der Waals surface area contributed by atoms with Crippen molar-refractivity contribution in [2.24, 2.45) is 0 Å². The van der Waals surface area contributed by atoms with E-state index in [1.807, 2.05) is 0 Å². The fourth-order valence-electron chi connectivity index (χ4n) is 1.53. The van der Waals surface area contributed by atoms with Gasteiger partial charge in [0.05, 0.1) is 6.20 Å². The molecule has 0 aliphatic heterocycles. The molecule has 1 N–H and O–H groups in total. The summed E-state index contributed by atoms with van der Waals surface area (Å²) in [5.74, 6) is -0.194. The molecule has 0 bridgehead atoms. The average Bonchev–Trinajstić information content (AvgIpc) is 2.77. The minimum absolute atomic E-state index is 0.00792. The number of aromatic nitrogens is 1. The molecule has 0 aliphatic rings. The summed E-state index contributed by atoms with van der Waals surface area (Å²) in [6.45, 7) is 1.78. The molecular formula is C13H13NO4. The van der Waals surface area contributed by atoms with E-state index < -0.39 is 11.9 Å². The maximum atomic E-state index is 11.2. The number of carboxylic acids is 1. The Morgan fingerprint density at radius 1 is 1.50 bits per heavy atom. The van der Waals surface area contributed by atoms with Crippen molar-refractivity contribution in [1.82, 2.24) is 4.98 Å². The van der Waals surface area contributed by atoms with Crippen LogP contribution in [0.25, 0.3) is 0 Å². The first-order valence-electron chi connectivity index (χ1n) is 5.49. The molecule has 1 unspecified atom stereocenters. The zero-order valence-corrected chi connectivity index (χ0v) is 9.87. The molecule has 2 heterocycles. The van der Waals surface area contributed by atoms with Gasteiger partial charge in [-0.05, 0) is 31.2 Å². The van der Waals surface area contributed by atoms with Crippen LogP contribution in [0.4, 0.5) is 0 Å². The number of pyridine rings is 1. The van der Waals surface area contributed by atoms with E-state index in [1.165, 1.54) is 6.20 Å². The minimum Gasteiger partial charge on any atom is -0.491 e. The van der Waals surface area contributed by atoms with Gasteiger partial charge in [0.25, 0.3) is 0 Å². The maximum Gasteiger partial charge on any atom is 0.317 e. The highest BCUT2D eigenvalue weighted by Crippen LogP contribution is 2.20. The van der Waals surface area contributed by atoms with E-state index in [0.29, 0.717) is 17.3 Å². The normalized spacial score (nSPS) is 12.1. The van der Waals surface area contributed by atoms with Crippen molar-refractivity contribution < 1.29 is 19.1 Å². The van der Waals surface area contributed by atoms with E-state index in [4.69, 9.17) is 14.3 Å². The van der Waals surface area contributed by atoms with Gasteiger partial charge in [-0.3, -0.25) is 9.78 Å². The van der Waals surface area contributed by atoms with Gasteiger partial charge in [0.1, 0.15) is 29.8 Å². The topological polar surface area (TPSA) is 72.6 Å². The summed E-state index contributed by atoms with van der Waals surface area (Å²) in [4.78, 5) is 15.1. The second kappa shape index (κ2) is 5.35. The second-order valence-electron chi connectivity index (χ2n) is 3.84. The Kier molecular flexibility index (Phi) is 3.62. The molecule has 0 aliphatic carbocycles. The number of rotatable bonds is 5. The van der Waals surface area contributed by atoms with Gasteiger partial charge in [-0.1, -0.05) is 0 Å². The van der Waals surface area contributed by atoms with E-state index in [1.54, 1.807) is 37.4 Å². The molecule has 2 aromatic heterocycles. The molecule has 5 nitrogen and oxygen atoms in total. The van der Waals surface area contributed by atoms with Crippen LogP contribution in [0.3, 0.4) is 0 Å². The van der Waals surface area contributed by atoms with Gasteiger partial charge >= 0.3 is 5.97 Å². The van der Waals surface area contributed by atoms with Gasteiger partial charge in [-0.25, -0.2) is 0 Å². The van der Waals surface area contributed by atoms with E-state index in [-0.39, 0.29) is 6.61 Å². The Bertz CT molecular complexity index is 521. The Labute approximate surface area is 104 Å². The first-order chi connectivity index (χ1) is 8.66. The fourth-order valence-corrected chi connectivity index (χ4v) is 1.53. The Morgan fingerprint density at radius 3 is 2.89 bits per heavy atom. The van der Waals surface area contributed by atoms with Crippen LogP contribution >= 0.6 is 0 Å². The lowest BCUT2D eigenvalue weighted by atomic mass is 10.1. The monoisotopic (exact) mass is 247 g/mol. The molecule has 18 heavy (non-hydrogen) atoms. The van der Waals surface area contributed by atoms with Crippen molar-refractivity contribution >= 4 is 5.97 Å². The van der Waals surface area contributed by atoms with Crippen molar-refractivity contribution in [2.75, 3.05) is 6.61 Å². The Morgan fingerprint density at radius 2 is 2.33 bits per heavy atom. The minimum atomic E-state index is -0.978. The quantitative estimate of drug-likeness (QED) is 0.877. The van der Waals surface area contributed by atoms with Gasteiger partial charge in [-0.2, -0.15) is 0 Å². The lowest BCUT2D eigenvalue weighted by Crippen LogP contribution is -2.19. The van der Waals surface area contributed by atoms with Crippen LogP contribution in [0.2, 0.25) is 0 Å². The van der Waals surface area contributed by atoms with Crippen LogP contribution in [0, 0.1) is 6.92 Å². The number of carboxylic acid groups (broad SMARTS) is 1. The van der Waals surface area contributed by atoms with Gasteiger partial charge in [0, 0.05) is 6.20 Å². The molecule has 0 saturated carbocycles. The van der Waals surface area contributed by atoms with E-state index in [9.17, 15) is 4.79 Å². The first kappa shape index (κ1) is 12.2. The first-order valence-corrected chi connectivity index (χ1v) is 5.49. The van der Waals surface area contributed by atoms with E-state index in [2.05, 4.69) is 4.98 Å². The SMILES string of the molecule is Cc1ccc(C(COc2cccnc2)C(=O)O)o1. The molecule has 94 valence electrons. The third kappa shape index (κ3) is 2.88. The summed E-state index contributed by atoms with van der Waals surface area (Å²) in [7, 11) is 0. The van der Waals surface area contributed by atoms with Gasteiger partial charge in [0.15, 0.2) is 0 Å². The highest BCUT2D eigenvalue weighted by atomic mass is 16.5. The summed E-state index contributed by atoms with van der Waals surface area (Å²) in [5, 5.41) is 9.16. The molecular weight excluding hydrogens is 234 g/mol. The van der Waals surface area contributed by atoms with Crippen LogP contribution in [0.5, 0.6) is 5.75 Å². The molecule has 2 aromatic rings. The molecule has 0 spiro atoms. The zero-order chi connectivity index (χ0) is 13.0. The summed E-state index contributed by atoms with van der Waals surface area (Å²) < 4.78 is 10.7. The predicted molar refractivity (Wildman–Crippen MR) is 63.6 cm³/mol. The zero-order valence-electron chi connectivity index (χ0n) is 9.87. The predicted octanol–water partition coefficient (Wildman–Crippen LogP) is 2.23. The summed E-state index contributed by atoms with van der Waals surface area (Å²) in [6, 6.07) is 6.83. The molecule has 0 radical (unpaired) electrons. The molecule has 0 saturated heterocycles. The van der Waals surface area contributed by atoms with E-state index >= 15 is 0 Å². The number of nitrogens with zero attached hydrogens (tertiary/aromatic N) is 1. The van der Waals surface area contributed by atoms with Crippen LogP contribution < -0.4 is 4.74 Å². The smallest absolute Gasteiger partial charge is 0.317 e. The van der Waals surface area contributed by atoms with Gasteiger partial charge < -0.3 is 14.3 Å². The molecule has 1 atom stereocenters. The third-order valence-electron chi connectivity index (χ3n) is 2.45. The number of ether oxygens (including phenoxy) is 1. The molecule has 0 fully saturated rings. The fraction of sp³-hybridized carbons (Fsp3) is 0.231. The summed E-state index contributed by atoms with van der Waals surface area (Å²) in [6.07, 6.45) is 3.16. The van der Waals surface area contributed by atoms with Crippen LogP contribution in [0.1, 0.15) is 17.4 Å². The van der Waals surface area contributed by atoms with Gasteiger partial charge in [0.2, 0.25) is 0 Å². The van der Waals surface area contributed by atoms with Gasteiger partial charge in [-0.15, -0.1) is 0 Å². The highest BCUT2D eigenvalue weighted by Gasteiger charge is 2.24. The van der Waals surface area contributed by atoms with Crippen molar-refractivity contribution in [3.05, 3.63) is 48.2 Å². The molecule has 0 amide bonds. The largest absolute Gasteiger partial charge is 0.491 e. The third-order valence-corrected chi connectivity index (χ3v) is 2.45. The van der Waals surface area contributed by atoms with Crippen LogP contribution in [-0.2, 0) is 4.79 Å². The van der Waals surface area contributed by atoms with Crippen LogP contribution in [-0.4, -0.2) is 22.7 Å². The van der Waals surface area contributed by atoms with E-state index in [0.717, 1.165) is 0 Å².